The number of rotatable bonds is 9. The first-order valence-corrected chi connectivity index (χ1v) is 15.4. The molecule has 3 aromatic heterocycles. The molecule has 3 heterocycles. The van der Waals surface area contributed by atoms with Crippen molar-refractivity contribution >= 4 is 54.5 Å². The number of carbonyl (C=O) groups excluding carboxylic acids is 1. The summed E-state index contributed by atoms with van der Waals surface area (Å²) < 4.78 is 18.7. The van der Waals surface area contributed by atoms with Crippen molar-refractivity contribution in [3.05, 3.63) is 115 Å². The second kappa shape index (κ2) is 12.2. The van der Waals surface area contributed by atoms with Gasteiger partial charge in [-0.1, -0.05) is 46.3 Å². The third kappa shape index (κ3) is 5.22. The zero-order valence-electron chi connectivity index (χ0n) is 24.1. The largest absolute Gasteiger partial charge is 0.505 e. The van der Waals surface area contributed by atoms with Crippen molar-refractivity contribution in [2.24, 2.45) is 7.05 Å². The van der Waals surface area contributed by atoms with Crippen molar-refractivity contribution in [3.63, 3.8) is 0 Å². The Morgan fingerprint density at radius 1 is 1.07 bits per heavy atom. The molecule has 44 heavy (non-hydrogen) atoms. The number of aromatic nitrogens is 3. The van der Waals surface area contributed by atoms with Crippen LogP contribution in [0.1, 0.15) is 38.7 Å². The fourth-order valence-corrected chi connectivity index (χ4v) is 6.77. The van der Waals surface area contributed by atoms with E-state index in [4.69, 9.17) is 14.2 Å². The predicted molar refractivity (Wildman–Crippen MR) is 173 cm³/mol. The molecule has 3 aromatic carbocycles. The summed E-state index contributed by atoms with van der Waals surface area (Å²) in [5.41, 5.74) is 5.42. The zero-order chi connectivity index (χ0) is 31.0. The fraction of sp³-hybridized carbons (Fsp3) is 0.182. The van der Waals surface area contributed by atoms with Gasteiger partial charge in [-0.15, -0.1) is 11.3 Å². The molecule has 0 amide bonds. The second-order valence-corrected chi connectivity index (χ2v) is 11.9. The molecule has 11 heteroatoms. The molecule has 0 bridgehead atoms. The number of aryl methyl sites for hydroxylation is 1. The quantitative estimate of drug-likeness (QED) is 0.167. The van der Waals surface area contributed by atoms with Crippen LogP contribution in [-0.4, -0.2) is 46.4 Å². The molecule has 6 aromatic rings. The highest BCUT2D eigenvalue weighted by Crippen LogP contribution is 2.41. The monoisotopic (exact) mass is 673 g/mol. The number of pyridine rings is 1. The van der Waals surface area contributed by atoms with Crippen molar-refractivity contribution in [1.82, 2.24) is 14.5 Å². The molecule has 0 aliphatic rings. The number of aromatic hydroxyl groups is 1. The molecule has 1 atom stereocenters. The van der Waals surface area contributed by atoms with Crippen molar-refractivity contribution in [3.8, 4) is 17.2 Å². The second-order valence-electron chi connectivity index (χ2n) is 10.1. The molecule has 6 rings (SSSR count). The highest BCUT2D eigenvalue weighted by atomic mass is 79.9. The molecular formula is C33H28BrN3O6S. The maximum atomic E-state index is 13.9. The third-order valence-electron chi connectivity index (χ3n) is 7.68. The Bertz CT molecular complexity index is 2080. The number of thiazole rings is 1. The third-order valence-corrected chi connectivity index (χ3v) is 9.07. The number of esters is 1. The van der Waals surface area contributed by atoms with E-state index in [0.29, 0.717) is 39.5 Å². The number of carbonyl (C=O) groups is 1. The number of H-pyrrole nitrogens is 1. The van der Waals surface area contributed by atoms with Crippen LogP contribution >= 0.6 is 27.3 Å². The number of ether oxygens (including phenoxy) is 3. The lowest BCUT2D eigenvalue weighted by Gasteiger charge is -2.21. The number of nitrogens with one attached hydrogen (secondary N) is 1. The van der Waals surface area contributed by atoms with Gasteiger partial charge in [-0.2, -0.15) is 0 Å². The topological polar surface area (TPSA) is 116 Å². The summed E-state index contributed by atoms with van der Waals surface area (Å²) in [6.07, 6.45) is 0.350. The van der Waals surface area contributed by atoms with Crippen LogP contribution in [0.4, 0.5) is 0 Å². The van der Waals surface area contributed by atoms with Gasteiger partial charge in [0, 0.05) is 34.5 Å². The minimum atomic E-state index is -0.679. The highest BCUT2D eigenvalue weighted by Gasteiger charge is 2.31. The summed E-state index contributed by atoms with van der Waals surface area (Å²) >= 11 is 4.87. The number of methoxy groups -OCH3 is 2. The Kier molecular flexibility index (Phi) is 8.15. The number of hydrogen-bond acceptors (Lipinski definition) is 8. The molecule has 9 nitrogen and oxygen atoms in total. The van der Waals surface area contributed by atoms with Gasteiger partial charge in [-0.05, 0) is 47.5 Å². The van der Waals surface area contributed by atoms with Crippen LogP contribution in [0.2, 0.25) is 0 Å². The van der Waals surface area contributed by atoms with E-state index >= 15 is 0 Å². The number of hydrogen-bond donors (Lipinski definition) is 2. The van der Waals surface area contributed by atoms with Crippen LogP contribution in [0.3, 0.4) is 0 Å². The van der Waals surface area contributed by atoms with Gasteiger partial charge >= 0.3 is 5.97 Å². The van der Waals surface area contributed by atoms with E-state index in [1.807, 2.05) is 48.5 Å². The van der Waals surface area contributed by atoms with Crippen molar-refractivity contribution in [1.29, 1.82) is 0 Å². The van der Waals surface area contributed by atoms with E-state index < -0.39 is 11.9 Å². The van der Waals surface area contributed by atoms with Crippen molar-refractivity contribution < 1.29 is 24.1 Å². The molecule has 224 valence electrons. The van der Waals surface area contributed by atoms with Crippen LogP contribution in [0.15, 0.2) is 81.5 Å². The van der Waals surface area contributed by atoms with Crippen LogP contribution in [-0.2, 0) is 18.2 Å². The summed E-state index contributed by atoms with van der Waals surface area (Å²) in [6, 6.07) is 20.3. The molecule has 0 aliphatic heterocycles. The van der Waals surface area contributed by atoms with Gasteiger partial charge in [0.1, 0.15) is 10.3 Å². The van der Waals surface area contributed by atoms with E-state index in [1.54, 1.807) is 30.8 Å². The Hall–Kier alpha value is -4.61. The summed E-state index contributed by atoms with van der Waals surface area (Å²) in [6.45, 7) is 0.0718. The van der Waals surface area contributed by atoms with Gasteiger partial charge < -0.3 is 28.9 Å². The zero-order valence-corrected chi connectivity index (χ0v) is 26.5. The molecule has 0 aliphatic carbocycles. The molecule has 0 fully saturated rings. The van der Waals surface area contributed by atoms with Crippen LogP contribution in [0, 0.1) is 0 Å². The van der Waals surface area contributed by atoms with Crippen molar-refractivity contribution in [2.75, 3.05) is 20.8 Å². The first kappa shape index (κ1) is 29.5. The lowest BCUT2D eigenvalue weighted by molar-refractivity contribution is 0.0509. The Morgan fingerprint density at radius 2 is 1.86 bits per heavy atom. The van der Waals surface area contributed by atoms with E-state index in [0.717, 1.165) is 26.5 Å². The number of aromatic amines is 1. The van der Waals surface area contributed by atoms with Gasteiger partial charge in [-0.25, -0.2) is 9.78 Å². The van der Waals surface area contributed by atoms with Crippen LogP contribution < -0.4 is 15.0 Å². The first-order chi connectivity index (χ1) is 21.3. The maximum Gasteiger partial charge on any atom is 0.338 e. The molecule has 0 saturated carbocycles. The number of nitrogens with zero attached hydrogens (tertiary/aromatic N) is 2. The number of halogens is 1. The summed E-state index contributed by atoms with van der Waals surface area (Å²) in [4.78, 5) is 35.4. The first-order valence-electron chi connectivity index (χ1n) is 13.7. The Balaban J connectivity index is 1.44. The maximum absolute atomic E-state index is 13.9. The lowest BCUT2D eigenvalue weighted by Crippen LogP contribution is -2.25. The van der Waals surface area contributed by atoms with Gasteiger partial charge in [0.25, 0.3) is 5.56 Å². The normalized spacial score (nSPS) is 12.0. The SMILES string of the molecule is COc1ccc(C(=O)OCCc2c(C(c3cccc(Br)c3)c3c(O)c4ncsc4n(C)c3=O)[nH]c3ccccc23)cc1OC. The highest BCUT2D eigenvalue weighted by molar-refractivity contribution is 9.10. The molecule has 2 N–H and O–H groups in total. The number of para-hydroxylation sites is 1. The van der Waals surface area contributed by atoms with Crippen LogP contribution in [0.5, 0.6) is 17.2 Å². The van der Waals surface area contributed by atoms with E-state index in [2.05, 4.69) is 25.9 Å². The smallest absolute Gasteiger partial charge is 0.338 e. The Labute approximate surface area is 264 Å². The van der Waals surface area contributed by atoms with Gasteiger partial charge in [0.05, 0.1) is 43.4 Å². The molecule has 0 spiro atoms. The number of benzene rings is 3. The van der Waals surface area contributed by atoms with Crippen molar-refractivity contribution in [2.45, 2.75) is 12.3 Å². The summed E-state index contributed by atoms with van der Waals surface area (Å²) in [5.74, 6) is -0.399. The molecule has 0 radical (unpaired) electrons. The van der Waals surface area contributed by atoms with Gasteiger partial charge in [0.2, 0.25) is 0 Å². The summed E-state index contributed by atoms with van der Waals surface area (Å²) in [7, 11) is 4.72. The summed E-state index contributed by atoms with van der Waals surface area (Å²) in [5, 5.41) is 12.5. The van der Waals surface area contributed by atoms with Gasteiger partial charge in [-0.3, -0.25) is 4.79 Å². The molecule has 1 unspecified atom stereocenters. The average molecular weight is 675 g/mol. The Morgan fingerprint density at radius 3 is 2.64 bits per heavy atom. The predicted octanol–water partition coefficient (Wildman–Crippen LogP) is 6.54. The van der Waals surface area contributed by atoms with Crippen LogP contribution in [0.25, 0.3) is 21.3 Å². The van der Waals surface area contributed by atoms with E-state index in [9.17, 15) is 14.7 Å². The molecule has 0 saturated heterocycles. The minimum Gasteiger partial charge on any atom is -0.505 e. The average Bonchev–Trinajstić information content (AvgIpc) is 3.67. The lowest BCUT2D eigenvalue weighted by atomic mass is 9.85. The van der Waals surface area contributed by atoms with E-state index in [-0.39, 0.29) is 23.5 Å². The standard InChI is InChI=1S/C33H28BrN3O6S/c1-37-31(39)27(30(38)29-32(37)44-17-35-29)26(18-7-6-8-20(34)15-18)28-22(21-9-4-5-10-23(21)36-28)13-14-43-33(40)19-11-12-24(41-2)25(16-19)42-3/h4-12,15-17,26,36,38H,13-14H2,1-3H3. The van der Waals surface area contributed by atoms with E-state index in [1.165, 1.54) is 30.1 Å². The van der Waals surface area contributed by atoms with Gasteiger partial charge in [0.15, 0.2) is 17.2 Å². The minimum absolute atomic E-state index is 0.0718. The number of fused-ring (bicyclic) bond motifs is 2. The fourth-order valence-electron chi connectivity index (χ4n) is 5.60. The molecular weight excluding hydrogens is 646 g/mol.